The van der Waals surface area contributed by atoms with Gasteiger partial charge in [0.05, 0.1) is 4.88 Å². The van der Waals surface area contributed by atoms with Gasteiger partial charge in [-0.15, -0.1) is 11.3 Å². The van der Waals surface area contributed by atoms with Gasteiger partial charge in [-0.1, -0.05) is 6.92 Å². The summed E-state index contributed by atoms with van der Waals surface area (Å²) >= 11 is 1.64. The number of hydrogen-bond donors (Lipinski definition) is 2. The van der Waals surface area contributed by atoms with Gasteiger partial charge in [0.15, 0.2) is 0 Å². The van der Waals surface area contributed by atoms with Crippen molar-refractivity contribution in [1.29, 1.82) is 0 Å². The molecule has 1 unspecified atom stereocenters. The van der Waals surface area contributed by atoms with Crippen molar-refractivity contribution < 1.29 is 4.79 Å². The molecule has 3 N–H and O–H groups in total. The maximum Gasteiger partial charge on any atom is 0.261 e. The Morgan fingerprint density at radius 3 is 3.00 bits per heavy atom. The van der Waals surface area contributed by atoms with E-state index in [2.05, 4.69) is 18.3 Å². The molecule has 0 bridgehead atoms. The van der Waals surface area contributed by atoms with Gasteiger partial charge in [-0.2, -0.15) is 0 Å². The second-order valence-corrected chi connectivity index (χ2v) is 7.09. The van der Waals surface area contributed by atoms with Gasteiger partial charge < -0.3 is 11.1 Å². The molecule has 100 valence electrons. The Morgan fingerprint density at radius 2 is 2.33 bits per heavy atom. The average molecular weight is 266 g/mol. The number of nitrogens with one attached hydrogen (secondary N) is 1. The van der Waals surface area contributed by atoms with E-state index in [-0.39, 0.29) is 11.4 Å². The number of carbonyl (C=O) groups is 1. The monoisotopic (exact) mass is 266 g/mol. The van der Waals surface area contributed by atoms with Gasteiger partial charge in [-0.25, -0.2) is 0 Å². The highest BCUT2D eigenvalue weighted by Crippen LogP contribution is 2.32. The molecule has 0 radical (unpaired) electrons. The molecule has 0 aliphatic heterocycles. The van der Waals surface area contributed by atoms with Crippen LogP contribution in [-0.2, 0) is 12.8 Å². The number of amides is 1. The number of aryl methyl sites for hydroxylation is 1. The van der Waals surface area contributed by atoms with E-state index < -0.39 is 0 Å². The molecular formula is C14H22N2OS. The molecule has 0 aromatic carbocycles. The second kappa shape index (κ2) is 5.02. The Balaban J connectivity index is 2.13. The third-order valence-electron chi connectivity index (χ3n) is 3.52. The molecule has 1 aliphatic carbocycles. The van der Waals surface area contributed by atoms with Crippen molar-refractivity contribution in [2.45, 2.75) is 45.6 Å². The van der Waals surface area contributed by atoms with Crippen LogP contribution >= 0.6 is 11.3 Å². The summed E-state index contributed by atoms with van der Waals surface area (Å²) < 4.78 is 0. The third kappa shape index (κ3) is 2.93. The molecule has 1 aromatic rings. The van der Waals surface area contributed by atoms with Gasteiger partial charge in [0, 0.05) is 17.0 Å². The minimum absolute atomic E-state index is 0.0116. The fraction of sp³-hybridized carbons (Fsp3) is 0.643. The van der Waals surface area contributed by atoms with E-state index in [1.54, 1.807) is 11.3 Å². The van der Waals surface area contributed by atoms with Crippen LogP contribution in [0.5, 0.6) is 0 Å². The van der Waals surface area contributed by atoms with E-state index in [0.29, 0.717) is 6.54 Å². The highest BCUT2D eigenvalue weighted by molar-refractivity contribution is 7.14. The lowest BCUT2D eigenvalue weighted by Crippen LogP contribution is -2.48. The van der Waals surface area contributed by atoms with Crippen LogP contribution in [0.1, 0.15) is 47.3 Å². The Kier molecular flexibility index (Phi) is 3.78. The number of thiophene rings is 1. The van der Waals surface area contributed by atoms with E-state index in [9.17, 15) is 4.79 Å². The molecule has 1 aromatic heterocycles. The van der Waals surface area contributed by atoms with Crippen LogP contribution in [0.2, 0.25) is 0 Å². The third-order valence-corrected chi connectivity index (χ3v) is 4.75. The zero-order valence-corrected chi connectivity index (χ0v) is 12.2. The van der Waals surface area contributed by atoms with Gasteiger partial charge in [-0.3, -0.25) is 4.79 Å². The van der Waals surface area contributed by atoms with E-state index in [4.69, 9.17) is 5.73 Å². The summed E-state index contributed by atoms with van der Waals surface area (Å²) in [5.74, 6) is 0.751. The zero-order valence-electron chi connectivity index (χ0n) is 11.4. The molecule has 18 heavy (non-hydrogen) atoms. The molecular weight excluding hydrogens is 244 g/mol. The first kappa shape index (κ1) is 13.6. The fourth-order valence-corrected chi connectivity index (χ4v) is 3.34. The summed E-state index contributed by atoms with van der Waals surface area (Å²) in [6.07, 6.45) is 3.47. The summed E-state index contributed by atoms with van der Waals surface area (Å²) in [5, 5.41) is 2.99. The fourth-order valence-electron chi connectivity index (χ4n) is 2.24. The molecule has 2 rings (SSSR count). The number of hydrogen-bond acceptors (Lipinski definition) is 3. The van der Waals surface area contributed by atoms with Crippen LogP contribution in [0.15, 0.2) is 6.07 Å². The first-order valence-corrected chi connectivity index (χ1v) is 7.37. The van der Waals surface area contributed by atoms with Crippen molar-refractivity contribution in [3.05, 3.63) is 21.4 Å². The van der Waals surface area contributed by atoms with Crippen molar-refractivity contribution in [2.24, 2.45) is 11.7 Å². The van der Waals surface area contributed by atoms with Gasteiger partial charge in [0.25, 0.3) is 5.91 Å². The van der Waals surface area contributed by atoms with Crippen molar-refractivity contribution in [1.82, 2.24) is 5.32 Å². The molecule has 0 saturated heterocycles. The van der Waals surface area contributed by atoms with Crippen LogP contribution in [0.25, 0.3) is 0 Å². The molecule has 0 fully saturated rings. The number of fused-ring (bicyclic) bond motifs is 1. The quantitative estimate of drug-likeness (QED) is 0.882. The molecule has 1 aliphatic rings. The van der Waals surface area contributed by atoms with E-state index in [1.807, 2.05) is 13.8 Å². The summed E-state index contributed by atoms with van der Waals surface area (Å²) in [7, 11) is 0. The molecule has 0 saturated carbocycles. The minimum Gasteiger partial charge on any atom is -0.345 e. The molecule has 1 heterocycles. The number of rotatable bonds is 3. The predicted octanol–water partition coefficient (Wildman–Crippen LogP) is 2.34. The van der Waals surface area contributed by atoms with Gasteiger partial charge in [0.2, 0.25) is 0 Å². The van der Waals surface area contributed by atoms with Crippen LogP contribution in [0.3, 0.4) is 0 Å². The standard InChI is InChI=1S/C14H22N2OS/c1-9-4-5-11-10(6-9)7-12(18-11)13(17)16-14(2,3)8-15/h7,9H,4-6,8,15H2,1-3H3,(H,16,17). The summed E-state index contributed by atoms with van der Waals surface area (Å²) in [6.45, 7) is 6.61. The van der Waals surface area contributed by atoms with E-state index in [1.165, 1.54) is 16.9 Å². The SMILES string of the molecule is CC1CCc2sc(C(=O)NC(C)(C)CN)cc2C1. The lowest BCUT2D eigenvalue weighted by molar-refractivity contribution is 0.0920. The van der Waals surface area contributed by atoms with Crippen LogP contribution in [0.4, 0.5) is 0 Å². The first-order valence-electron chi connectivity index (χ1n) is 6.55. The minimum atomic E-state index is -0.338. The second-order valence-electron chi connectivity index (χ2n) is 5.95. The van der Waals surface area contributed by atoms with Crippen LogP contribution in [0, 0.1) is 5.92 Å². The van der Waals surface area contributed by atoms with Gasteiger partial charge >= 0.3 is 0 Å². The van der Waals surface area contributed by atoms with Gasteiger partial charge in [0.1, 0.15) is 0 Å². The van der Waals surface area contributed by atoms with E-state index in [0.717, 1.165) is 23.6 Å². The maximum absolute atomic E-state index is 12.2. The molecule has 1 amide bonds. The Labute approximate surface area is 113 Å². The van der Waals surface area contributed by atoms with Crippen molar-refractivity contribution in [2.75, 3.05) is 6.54 Å². The van der Waals surface area contributed by atoms with Crippen molar-refractivity contribution >= 4 is 17.2 Å². The zero-order chi connectivity index (χ0) is 13.3. The highest BCUT2D eigenvalue weighted by Gasteiger charge is 2.24. The normalized spacial score (nSPS) is 19.4. The topological polar surface area (TPSA) is 55.1 Å². The van der Waals surface area contributed by atoms with Crippen molar-refractivity contribution in [3.63, 3.8) is 0 Å². The Bertz CT molecular complexity index is 451. The Morgan fingerprint density at radius 1 is 1.61 bits per heavy atom. The van der Waals surface area contributed by atoms with Crippen molar-refractivity contribution in [3.8, 4) is 0 Å². The molecule has 3 nitrogen and oxygen atoms in total. The lowest BCUT2D eigenvalue weighted by atomic mass is 9.90. The average Bonchev–Trinajstić information content (AvgIpc) is 2.71. The lowest BCUT2D eigenvalue weighted by Gasteiger charge is -2.23. The highest BCUT2D eigenvalue weighted by atomic mass is 32.1. The van der Waals surface area contributed by atoms with Crippen LogP contribution < -0.4 is 11.1 Å². The number of nitrogens with two attached hydrogens (primary N) is 1. The molecule has 1 atom stereocenters. The predicted molar refractivity (Wildman–Crippen MR) is 76.1 cm³/mol. The molecule has 0 spiro atoms. The van der Waals surface area contributed by atoms with Gasteiger partial charge in [-0.05, 0) is 50.7 Å². The maximum atomic E-state index is 12.2. The summed E-state index contributed by atoms with van der Waals surface area (Å²) in [6, 6.07) is 2.07. The van der Waals surface area contributed by atoms with E-state index >= 15 is 0 Å². The summed E-state index contributed by atoms with van der Waals surface area (Å²) in [4.78, 5) is 14.4. The summed E-state index contributed by atoms with van der Waals surface area (Å²) in [5.41, 5.74) is 6.67. The Hall–Kier alpha value is -0.870. The molecule has 4 heteroatoms. The largest absolute Gasteiger partial charge is 0.345 e. The number of carbonyl (C=O) groups excluding carboxylic acids is 1. The first-order chi connectivity index (χ1) is 8.41. The smallest absolute Gasteiger partial charge is 0.261 e. The van der Waals surface area contributed by atoms with Crippen LogP contribution in [-0.4, -0.2) is 18.0 Å².